The van der Waals surface area contributed by atoms with Gasteiger partial charge in [0.05, 0.1) is 13.5 Å². The molecule has 222 valence electrons. The summed E-state index contributed by atoms with van der Waals surface area (Å²) in [4.78, 5) is 43.1. The normalized spacial score (nSPS) is 10.7. The maximum atomic E-state index is 14.1. The van der Waals surface area contributed by atoms with E-state index >= 15 is 0 Å². The Morgan fingerprint density at radius 2 is 1.14 bits per heavy atom. The van der Waals surface area contributed by atoms with Gasteiger partial charge in [-0.1, -0.05) is 92.2 Å². The monoisotopic (exact) mass is 578 g/mol. The minimum atomic E-state index is -0.984. The van der Waals surface area contributed by atoms with Crippen molar-refractivity contribution in [2.24, 2.45) is 0 Å². The number of carbonyl (C=O) groups excluding carboxylic acids is 2. The van der Waals surface area contributed by atoms with Crippen LogP contribution in [0.3, 0.4) is 0 Å². The third-order valence-electron chi connectivity index (χ3n) is 7.31. The number of methoxy groups -OCH3 is 1. The zero-order chi connectivity index (χ0) is 30.6. The number of carboxylic acid groups (broad SMARTS) is 1. The van der Waals surface area contributed by atoms with E-state index in [0.29, 0.717) is 41.1 Å². The average Bonchev–Trinajstić information content (AvgIpc) is 3.05. The van der Waals surface area contributed by atoms with Gasteiger partial charge in [0, 0.05) is 37.3 Å². The first-order valence-corrected chi connectivity index (χ1v) is 14.6. The highest BCUT2D eigenvalue weighted by molar-refractivity contribution is 6.06. The molecule has 0 bridgehead atoms. The van der Waals surface area contributed by atoms with Crippen LogP contribution in [0.4, 0.5) is 0 Å². The third kappa shape index (κ3) is 8.32. The highest BCUT2D eigenvalue weighted by Gasteiger charge is 2.25. The summed E-state index contributed by atoms with van der Waals surface area (Å²) in [6.07, 6.45) is 1.64. The summed E-state index contributed by atoms with van der Waals surface area (Å²) in [6, 6.07) is 31.8. The summed E-state index contributed by atoms with van der Waals surface area (Å²) < 4.78 is 5.25. The Balaban J connectivity index is 1.69. The van der Waals surface area contributed by atoms with Gasteiger partial charge in [-0.05, 0) is 52.9 Å². The van der Waals surface area contributed by atoms with Gasteiger partial charge >= 0.3 is 5.97 Å². The molecule has 0 aromatic heterocycles. The predicted octanol–water partition coefficient (Wildman–Crippen LogP) is 6.92. The van der Waals surface area contributed by atoms with Crippen molar-refractivity contribution in [2.75, 3.05) is 20.2 Å². The van der Waals surface area contributed by atoms with Gasteiger partial charge in [0.2, 0.25) is 0 Å². The quantitative estimate of drug-likeness (QED) is 0.176. The maximum absolute atomic E-state index is 14.1. The van der Waals surface area contributed by atoms with E-state index in [1.54, 1.807) is 24.1 Å². The molecular formula is C36H38N2O5. The van der Waals surface area contributed by atoms with Crippen LogP contribution in [0.2, 0.25) is 0 Å². The fraction of sp³-hybridized carbons (Fsp3) is 0.250. The number of nitrogens with zero attached hydrogens (tertiary/aromatic N) is 2. The molecule has 43 heavy (non-hydrogen) atoms. The Labute approximate surface area is 253 Å². The molecule has 0 saturated heterocycles. The Kier molecular flexibility index (Phi) is 11.1. The second-order valence-corrected chi connectivity index (χ2v) is 10.4. The van der Waals surface area contributed by atoms with Crippen molar-refractivity contribution in [3.8, 4) is 16.9 Å². The molecule has 4 rings (SSSR count). The topological polar surface area (TPSA) is 87.2 Å². The zero-order valence-electron chi connectivity index (χ0n) is 24.7. The van der Waals surface area contributed by atoms with E-state index in [0.717, 1.165) is 24.0 Å². The molecule has 0 aliphatic heterocycles. The van der Waals surface area contributed by atoms with E-state index in [1.807, 2.05) is 95.9 Å². The number of hydrogen-bond acceptors (Lipinski definition) is 4. The summed E-state index contributed by atoms with van der Waals surface area (Å²) >= 11 is 0. The van der Waals surface area contributed by atoms with Crippen LogP contribution < -0.4 is 4.74 Å². The lowest BCUT2D eigenvalue weighted by molar-refractivity contribution is -0.137. The SMILES string of the molecule is CCCCN(Cc1ccccc1)C(=O)c1ccccc1-c1ccccc1C(=O)N(CCC(=O)O)Cc1ccc(OC)cc1. The lowest BCUT2D eigenvalue weighted by Crippen LogP contribution is -2.33. The van der Waals surface area contributed by atoms with Gasteiger partial charge in [-0.15, -0.1) is 0 Å². The van der Waals surface area contributed by atoms with Crippen molar-refractivity contribution in [1.29, 1.82) is 0 Å². The highest BCUT2D eigenvalue weighted by atomic mass is 16.5. The van der Waals surface area contributed by atoms with Crippen molar-refractivity contribution >= 4 is 17.8 Å². The summed E-state index contributed by atoms with van der Waals surface area (Å²) in [5.41, 5.74) is 4.11. The average molecular weight is 579 g/mol. The summed E-state index contributed by atoms with van der Waals surface area (Å²) in [5, 5.41) is 9.40. The molecule has 0 atom stereocenters. The molecule has 0 saturated carbocycles. The van der Waals surface area contributed by atoms with Crippen molar-refractivity contribution in [1.82, 2.24) is 9.80 Å². The Morgan fingerprint density at radius 1 is 0.651 bits per heavy atom. The number of ether oxygens (including phenoxy) is 1. The van der Waals surface area contributed by atoms with Gasteiger partial charge in [-0.3, -0.25) is 14.4 Å². The molecule has 0 unspecified atom stereocenters. The van der Waals surface area contributed by atoms with E-state index < -0.39 is 5.97 Å². The van der Waals surface area contributed by atoms with Crippen molar-refractivity contribution in [2.45, 2.75) is 39.3 Å². The first kappa shape index (κ1) is 31.0. The highest BCUT2D eigenvalue weighted by Crippen LogP contribution is 2.30. The zero-order valence-corrected chi connectivity index (χ0v) is 24.7. The van der Waals surface area contributed by atoms with Crippen molar-refractivity contribution in [3.05, 3.63) is 125 Å². The van der Waals surface area contributed by atoms with Gasteiger partial charge in [0.15, 0.2) is 0 Å². The first-order valence-electron chi connectivity index (χ1n) is 14.6. The van der Waals surface area contributed by atoms with Crippen molar-refractivity contribution in [3.63, 3.8) is 0 Å². The van der Waals surface area contributed by atoms with Gasteiger partial charge in [0.1, 0.15) is 5.75 Å². The first-order chi connectivity index (χ1) is 20.9. The van der Waals surface area contributed by atoms with Gasteiger partial charge < -0.3 is 19.6 Å². The fourth-order valence-corrected chi connectivity index (χ4v) is 4.99. The van der Waals surface area contributed by atoms with Crippen LogP contribution in [0.1, 0.15) is 58.0 Å². The van der Waals surface area contributed by atoms with E-state index in [9.17, 15) is 19.5 Å². The van der Waals surface area contributed by atoms with Crippen LogP contribution in [-0.2, 0) is 17.9 Å². The van der Waals surface area contributed by atoms with Crippen LogP contribution in [0, 0.1) is 0 Å². The number of rotatable bonds is 14. The summed E-state index contributed by atoms with van der Waals surface area (Å²) in [5.74, 6) is -0.695. The number of carboxylic acids is 1. The van der Waals surface area contributed by atoms with Crippen molar-refractivity contribution < 1.29 is 24.2 Å². The molecule has 4 aromatic rings. The summed E-state index contributed by atoms with van der Waals surface area (Å²) in [7, 11) is 1.59. The number of unbranched alkanes of at least 4 members (excludes halogenated alkanes) is 1. The van der Waals surface area contributed by atoms with Gasteiger partial charge in [0.25, 0.3) is 11.8 Å². The smallest absolute Gasteiger partial charge is 0.305 e. The molecule has 7 heteroatoms. The van der Waals surface area contributed by atoms with Crippen LogP contribution in [-0.4, -0.2) is 52.9 Å². The molecular weight excluding hydrogens is 540 g/mol. The number of hydrogen-bond donors (Lipinski definition) is 1. The number of aliphatic carboxylic acids is 1. The number of benzene rings is 4. The van der Waals surface area contributed by atoms with Gasteiger partial charge in [-0.2, -0.15) is 0 Å². The molecule has 4 aromatic carbocycles. The largest absolute Gasteiger partial charge is 0.497 e. The Bertz CT molecular complexity index is 1520. The molecule has 7 nitrogen and oxygen atoms in total. The summed E-state index contributed by atoms with van der Waals surface area (Å²) in [6.45, 7) is 3.47. The Hall–Kier alpha value is -4.91. The van der Waals surface area contributed by atoms with Crippen LogP contribution >= 0.6 is 0 Å². The van der Waals surface area contributed by atoms with E-state index in [-0.39, 0.29) is 31.3 Å². The van der Waals surface area contributed by atoms with E-state index in [2.05, 4.69) is 6.92 Å². The van der Waals surface area contributed by atoms with Crippen LogP contribution in [0.15, 0.2) is 103 Å². The van der Waals surface area contributed by atoms with E-state index in [1.165, 1.54) is 0 Å². The lowest BCUT2D eigenvalue weighted by atomic mass is 9.93. The third-order valence-corrected chi connectivity index (χ3v) is 7.31. The molecule has 0 fully saturated rings. The molecule has 1 N–H and O–H groups in total. The minimum absolute atomic E-state index is 0.0387. The fourth-order valence-electron chi connectivity index (χ4n) is 4.99. The standard InChI is InChI=1S/C36H38N2O5/c1-3-4-23-37(25-27-12-6-5-7-13-27)35(41)32-16-10-8-14-30(32)31-15-9-11-17-33(31)36(42)38(24-22-34(39)40)26-28-18-20-29(43-2)21-19-28/h5-21H,3-4,22-26H2,1-2H3,(H,39,40). The minimum Gasteiger partial charge on any atom is -0.497 e. The number of carbonyl (C=O) groups is 3. The predicted molar refractivity (Wildman–Crippen MR) is 168 cm³/mol. The Morgan fingerprint density at radius 3 is 1.65 bits per heavy atom. The second-order valence-electron chi connectivity index (χ2n) is 10.4. The molecule has 0 spiro atoms. The van der Waals surface area contributed by atoms with Crippen LogP contribution in [0.5, 0.6) is 5.75 Å². The van der Waals surface area contributed by atoms with E-state index in [4.69, 9.17) is 4.74 Å². The molecule has 0 radical (unpaired) electrons. The molecule has 0 aliphatic carbocycles. The molecule has 2 amide bonds. The number of amides is 2. The molecule has 0 aliphatic rings. The maximum Gasteiger partial charge on any atom is 0.305 e. The lowest BCUT2D eigenvalue weighted by Gasteiger charge is -2.26. The molecule has 0 heterocycles. The van der Waals surface area contributed by atoms with Crippen LogP contribution in [0.25, 0.3) is 11.1 Å². The second kappa shape index (κ2) is 15.4. The van der Waals surface area contributed by atoms with Gasteiger partial charge in [-0.25, -0.2) is 0 Å².